The average Bonchev–Trinajstić information content (AvgIpc) is 3.35. The first kappa shape index (κ1) is 19.3. The van der Waals surface area contributed by atoms with E-state index in [0.717, 1.165) is 29.5 Å². The van der Waals surface area contributed by atoms with E-state index in [2.05, 4.69) is 21.5 Å². The Morgan fingerprint density at radius 1 is 1.34 bits per heavy atom. The number of ether oxygens (including phenoxy) is 1. The van der Waals surface area contributed by atoms with E-state index >= 15 is 0 Å². The summed E-state index contributed by atoms with van der Waals surface area (Å²) in [6.45, 7) is 1.96. The van der Waals surface area contributed by atoms with Crippen LogP contribution in [0.15, 0.2) is 47.0 Å². The molecule has 29 heavy (non-hydrogen) atoms. The highest BCUT2D eigenvalue weighted by Crippen LogP contribution is 2.34. The summed E-state index contributed by atoms with van der Waals surface area (Å²) in [5.41, 5.74) is 4.43. The smallest absolute Gasteiger partial charge is 0.252 e. The SMILES string of the molecule is COCc1nc(-c2ccc3c(c2)CC[C@H]3NC(=O)c2cccc([C@H](C)O)c2)no1. The van der Waals surface area contributed by atoms with Crippen molar-refractivity contribution in [1.82, 2.24) is 15.5 Å². The van der Waals surface area contributed by atoms with E-state index < -0.39 is 6.10 Å². The Bertz CT molecular complexity index is 1030. The van der Waals surface area contributed by atoms with E-state index in [4.69, 9.17) is 9.26 Å². The van der Waals surface area contributed by atoms with Crippen LogP contribution in [0.1, 0.15) is 58.4 Å². The predicted molar refractivity (Wildman–Crippen MR) is 106 cm³/mol. The molecule has 1 heterocycles. The number of rotatable bonds is 6. The van der Waals surface area contributed by atoms with Gasteiger partial charge in [-0.2, -0.15) is 4.98 Å². The van der Waals surface area contributed by atoms with Gasteiger partial charge in [-0.15, -0.1) is 0 Å². The lowest BCUT2D eigenvalue weighted by Crippen LogP contribution is -2.27. The number of nitrogens with zero attached hydrogens (tertiary/aromatic N) is 2. The summed E-state index contributed by atoms with van der Waals surface area (Å²) < 4.78 is 10.2. The van der Waals surface area contributed by atoms with Crippen molar-refractivity contribution in [3.8, 4) is 11.4 Å². The fraction of sp³-hybridized carbons (Fsp3) is 0.318. The summed E-state index contributed by atoms with van der Waals surface area (Å²) in [5.74, 6) is 0.826. The number of carbonyl (C=O) groups excluding carboxylic acids is 1. The van der Waals surface area contributed by atoms with Crippen molar-refractivity contribution in [2.75, 3.05) is 7.11 Å². The number of aromatic nitrogens is 2. The molecule has 0 spiro atoms. The number of aliphatic hydroxyl groups excluding tert-OH is 1. The lowest BCUT2D eigenvalue weighted by Gasteiger charge is -2.15. The lowest BCUT2D eigenvalue weighted by atomic mass is 10.0. The van der Waals surface area contributed by atoms with Crippen LogP contribution in [0.5, 0.6) is 0 Å². The molecule has 0 saturated carbocycles. The van der Waals surface area contributed by atoms with Crippen molar-refractivity contribution in [3.63, 3.8) is 0 Å². The monoisotopic (exact) mass is 393 g/mol. The summed E-state index contributed by atoms with van der Waals surface area (Å²) in [5, 5.41) is 16.9. The van der Waals surface area contributed by atoms with Crippen molar-refractivity contribution in [2.24, 2.45) is 0 Å². The molecule has 3 aromatic rings. The normalized spacial score (nSPS) is 16.4. The van der Waals surface area contributed by atoms with Crippen molar-refractivity contribution in [3.05, 3.63) is 70.6 Å². The van der Waals surface area contributed by atoms with Gasteiger partial charge < -0.3 is 19.7 Å². The number of methoxy groups -OCH3 is 1. The first-order chi connectivity index (χ1) is 14.0. The molecule has 7 heteroatoms. The molecule has 0 unspecified atom stereocenters. The van der Waals surface area contributed by atoms with Crippen LogP contribution in [0.3, 0.4) is 0 Å². The quantitative estimate of drug-likeness (QED) is 0.667. The Balaban J connectivity index is 1.50. The molecular formula is C22H23N3O4. The number of nitrogens with one attached hydrogen (secondary N) is 1. The minimum absolute atomic E-state index is 0.0453. The molecule has 4 rings (SSSR count). The Morgan fingerprint density at radius 3 is 3.00 bits per heavy atom. The first-order valence-corrected chi connectivity index (χ1v) is 9.58. The zero-order chi connectivity index (χ0) is 20.4. The van der Waals surface area contributed by atoms with Crippen LogP contribution >= 0.6 is 0 Å². The molecule has 2 atom stereocenters. The topological polar surface area (TPSA) is 97.5 Å². The zero-order valence-electron chi connectivity index (χ0n) is 16.4. The van der Waals surface area contributed by atoms with Crippen LogP contribution < -0.4 is 5.32 Å². The number of benzene rings is 2. The van der Waals surface area contributed by atoms with E-state index in [-0.39, 0.29) is 18.6 Å². The molecule has 1 aliphatic carbocycles. The summed E-state index contributed by atoms with van der Waals surface area (Å²) in [6, 6.07) is 13.0. The van der Waals surface area contributed by atoms with Crippen molar-refractivity contribution >= 4 is 5.91 Å². The summed E-state index contributed by atoms with van der Waals surface area (Å²) in [6.07, 6.45) is 1.09. The molecule has 2 N–H and O–H groups in total. The minimum Gasteiger partial charge on any atom is -0.389 e. The van der Waals surface area contributed by atoms with Crippen LogP contribution in [0.4, 0.5) is 0 Å². The van der Waals surface area contributed by atoms with Gasteiger partial charge in [0.2, 0.25) is 5.82 Å². The predicted octanol–water partition coefficient (Wildman–Crippen LogP) is 3.35. The van der Waals surface area contributed by atoms with Crippen LogP contribution in [-0.2, 0) is 17.8 Å². The molecule has 1 aliphatic rings. The molecule has 1 aromatic heterocycles. The summed E-state index contributed by atoms with van der Waals surface area (Å²) in [7, 11) is 1.58. The van der Waals surface area contributed by atoms with E-state index in [0.29, 0.717) is 17.3 Å². The highest BCUT2D eigenvalue weighted by atomic mass is 16.5. The second-order valence-electron chi connectivity index (χ2n) is 7.22. The fourth-order valence-electron chi connectivity index (χ4n) is 3.64. The van der Waals surface area contributed by atoms with Crippen LogP contribution in [0.2, 0.25) is 0 Å². The molecule has 0 aliphatic heterocycles. The van der Waals surface area contributed by atoms with Gasteiger partial charge in [0, 0.05) is 18.2 Å². The van der Waals surface area contributed by atoms with Gasteiger partial charge in [-0.1, -0.05) is 29.4 Å². The standard InChI is InChI=1S/C22H23N3O4/c1-13(26)14-4-3-5-17(10-14)22(27)23-19-9-7-15-11-16(6-8-18(15)19)21-24-20(12-28-2)29-25-21/h3-6,8,10-11,13,19,26H,7,9,12H2,1-2H3,(H,23,27)/t13-,19+/m0/s1. The number of hydrogen-bond donors (Lipinski definition) is 2. The molecule has 0 bridgehead atoms. The van der Waals surface area contributed by atoms with Gasteiger partial charge in [-0.25, -0.2) is 0 Å². The molecule has 0 radical (unpaired) electrons. The highest BCUT2D eigenvalue weighted by molar-refractivity contribution is 5.94. The van der Waals surface area contributed by atoms with Gasteiger partial charge in [-0.3, -0.25) is 4.79 Å². The molecule has 1 amide bonds. The van der Waals surface area contributed by atoms with E-state index in [1.54, 1.807) is 32.2 Å². The number of hydrogen-bond acceptors (Lipinski definition) is 6. The number of aryl methyl sites for hydroxylation is 1. The Morgan fingerprint density at radius 2 is 2.21 bits per heavy atom. The Kier molecular flexibility index (Phi) is 5.42. The number of amides is 1. The van der Waals surface area contributed by atoms with Crippen molar-refractivity contribution in [1.29, 1.82) is 0 Å². The molecule has 150 valence electrons. The van der Waals surface area contributed by atoms with Gasteiger partial charge >= 0.3 is 0 Å². The number of carbonyl (C=O) groups is 1. The maximum absolute atomic E-state index is 12.7. The maximum Gasteiger partial charge on any atom is 0.252 e. The summed E-state index contributed by atoms with van der Waals surface area (Å²) >= 11 is 0. The van der Waals surface area contributed by atoms with Gasteiger partial charge in [0.25, 0.3) is 11.8 Å². The van der Waals surface area contributed by atoms with Gasteiger partial charge in [0.05, 0.1) is 12.1 Å². The summed E-state index contributed by atoms with van der Waals surface area (Å²) in [4.78, 5) is 17.0. The van der Waals surface area contributed by atoms with Crippen LogP contribution in [0.25, 0.3) is 11.4 Å². The van der Waals surface area contributed by atoms with Crippen LogP contribution in [-0.4, -0.2) is 28.3 Å². The Hall–Kier alpha value is -3.03. The third-order valence-corrected chi connectivity index (χ3v) is 5.15. The zero-order valence-corrected chi connectivity index (χ0v) is 16.4. The third-order valence-electron chi connectivity index (χ3n) is 5.15. The van der Waals surface area contributed by atoms with Gasteiger partial charge in [-0.05, 0) is 54.7 Å². The average molecular weight is 393 g/mol. The maximum atomic E-state index is 12.7. The number of fused-ring (bicyclic) bond motifs is 1. The second-order valence-corrected chi connectivity index (χ2v) is 7.22. The Labute approximate surface area is 168 Å². The van der Waals surface area contributed by atoms with E-state index in [1.807, 2.05) is 18.2 Å². The minimum atomic E-state index is -0.608. The molecule has 0 fully saturated rings. The molecule has 0 saturated heterocycles. The van der Waals surface area contributed by atoms with Crippen molar-refractivity contribution in [2.45, 2.75) is 38.5 Å². The second kappa shape index (κ2) is 8.14. The third kappa shape index (κ3) is 4.06. The van der Waals surface area contributed by atoms with Crippen LogP contribution in [0, 0.1) is 0 Å². The molecule has 2 aromatic carbocycles. The number of aliphatic hydroxyl groups is 1. The van der Waals surface area contributed by atoms with E-state index in [9.17, 15) is 9.90 Å². The highest BCUT2D eigenvalue weighted by Gasteiger charge is 2.25. The first-order valence-electron chi connectivity index (χ1n) is 9.58. The molecule has 7 nitrogen and oxygen atoms in total. The fourth-order valence-corrected chi connectivity index (χ4v) is 3.64. The van der Waals surface area contributed by atoms with Gasteiger partial charge in [0.1, 0.15) is 6.61 Å². The molecular weight excluding hydrogens is 370 g/mol. The largest absolute Gasteiger partial charge is 0.389 e. The lowest BCUT2D eigenvalue weighted by molar-refractivity contribution is 0.0936. The van der Waals surface area contributed by atoms with Gasteiger partial charge in [0.15, 0.2) is 0 Å². The van der Waals surface area contributed by atoms with Crippen molar-refractivity contribution < 1.29 is 19.2 Å². The van der Waals surface area contributed by atoms with E-state index in [1.165, 1.54) is 5.56 Å².